The molecule has 2 fully saturated rings. The van der Waals surface area contributed by atoms with Gasteiger partial charge in [-0.15, -0.1) is 0 Å². The fourth-order valence-electron chi connectivity index (χ4n) is 5.04. The van der Waals surface area contributed by atoms with E-state index in [0.29, 0.717) is 10.1 Å². The molecule has 3 aromatic heterocycles. The van der Waals surface area contributed by atoms with Crippen molar-refractivity contribution in [1.29, 1.82) is 0 Å². The van der Waals surface area contributed by atoms with Crippen molar-refractivity contribution < 1.29 is 9.18 Å². The van der Waals surface area contributed by atoms with Crippen molar-refractivity contribution in [2.75, 3.05) is 50.0 Å². The topological polar surface area (TPSA) is 94.5 Å². The highest BCUT2D eigenvalue weighted by Gasteiger charge is 2.29. The average molecular weight is 522 g/mol. The molecule has 0 saturated carbocycles. The number of thiazole rings is 1. The van der Waals surface area contributed by atoms with E-state index in [1.807, 2.05) is 27.9 Å². The van der Waals surface area contributed by atoms with Crippen LogP contribution in [0.5, 0.6) is 0 Å². The van der Waals surface area contributed by atoms with Crippen LogP contribution < -0.4 is 15.6 Å². The molecule has 0 bridgehead atoms. The maximum atomic E-state index is 13.9. The third kappa shape index (κ3) is 4.87. The Morgan fingerprint density at radius 3 is 2.81 bits per heavy atom. The van der Waals surface area contributed by atoms with Crippen molar-refractivity contribution in [2.24, 2.45) is 0 Å². The van der Waals surface area contributed by atoms with E-state index in [1.54, 1.807) is 24.7 Å². The van der Waals surface area contributed by atoms with Gasteiger partial charge in [-0.05, 0) is 43.7 Å². The smallest absolute Gasteiger partial charge is 0.334 e. The summed E-state index contributed by atoms with van der Waals surface area (Å²) in [5.41, 5.74) is 4.59. The van der Waals surface area contributed by atoms with Gasteiger partial charge in [-0.1, -0.05) is 23.5 Å². The Hall–Kier alpha value is -3.61. The lowest BCUT2D eigenvalue weighted by Crippen LogP contribution is -2.53. The predicted octanol–water partition coefficient (Wildman–Crippen LogP) is 3.64. The van der Waals surface area contributed by atoms with Crippen LogP contribution in [-0.2, 0) is 0 Å². The van der Waals surface area contributed by atoms with Gasteiger partial charge in [0.05, 0.1) is 17.6 Å². The van der Waals surface area contributed by atoms with E-state index in [4.69, 9.17) is 0 Å². The van der Waals surface area contributed by atoms with Gasteiger partial charge in [0.2, 0.25) is 0 Å². The van der Waals surface area contributed by atoms with Crippen LogP contribution >= 0.6 is 11.3 Å². The summed E-state index contributed by atoms with van der Waals surface area (Å²) < 4.78 is 15.8. The number of fused-ring (bicyclic) bond motifs is 1. The summed E-state index contributed by atoms with van der Waals surface area (Å²) in [6.07, 6.45) is 7.07. The van der Waals surface area contributed by atoms with Crippen molar-refractivity contribution in [3.8, 4) is 5.13 Å². The first-order chi connectivity index (χ1) is 18.0. The number of piperazine rings is 1. The molecule has 37 heavy (non-hydrogen) atoms. The van der Waals surface area contributed by atoms with Crippen LogP contribution in [-0.4, -0.2) is 75.2 Å². The molecule has 1 unspecified atom stereocenters. The molecule has 192 valence electrons. The number of amides is 2. The molecule has 2 aliphatic heterocycles. The second-order valence-electron chi connectivity index (χ2n) is 9.39. The molecule has 2 N–H and O–H groups in total. The van der Waals surface area contributed by atoms with E-state index in [9.17, 15) is 9.18 Å². The van der Waals surface area contributed by atoms with E-state index >= 15 is 0 Å². The standard InChI is InChI=1S/C25H28FN9OS/c1-32-10-12-33(13-11-32)31-24(36)30-21-15-27-25(37-21)35-9-7-19-22(28-16-29-23(19)35)34-8-3-6-20(34)17-4-2-5-18(26)14-17/h2,4-5,7,9,14-16,20H,3,6,8,10-13H2,1H3,(H2,30,31,36). The zero-order valence-corrected chi connectivity index (χ0v) is 21.3. The van der Waals surface area contributed by atoms with Gasteiger partial charge in [0.25, 0.3) is 0 Å². The number of nitrogens with one attached hydrogen (secondary N) is 2. The van der Waals surface area contributed by atoms with Crippen LogP contribution in [0.1, 0.15) is 24.4 Å². The first-order valence-corrected chi connectivity index (χ1v) is 13.2. The van der Waals surface area contributed by atoms with Crippen LogP contribution in [0, 0.1) is 5.82 Å². The van der Waals surface area contributed by atoms with Crippen LogP contribution in [0.2, 0.25) is 0 Å². The molecule has 10 nitrogen and oxygen atoms in total. The Labute approximate surface area is 217 Å². The van der Waals surface area contributed by atoms with Crippen molar-refractivity contribution >= 4 is 39.2 Å². The monoisotopic (exact) mass is 521 g/mol. The van der Waals surface area contributed by atoms with E-state index in [-0.39, 0.29) is 17.9 Å². The third-order valence-corrected chi connectivity index (χ3v) is 7.83. The molecule has 6 rings (SSSR count). The lowest BCUT2D eigenvalue weighted by Gasteiger charge is -2.32. The first kappa shape index (κ1) is 23.8. The Balaban J connectivity index is 1.21. The number of hydrogen-bond acceptors (Lipinski definition) is 8. The Morgan fingerprint density at radius 1 is 1.11 bits per heavy atom. The minimum atomic E-state index is -0.279. The summed E-state index contributed by atoms with van der Waals surface area (Å²) in [5.74, 6) is 0.603. The van der Waals surface area contributed by atoms with Crippen LogP contribution in [0.3, 0.4) is 0 Å². The third-order valence-electron chi connectivity index (χ3n) is 6.92. The number of hydrogen-bond donors (Lipinski definition) is 2. The van der Waals surface area contributed by atoms with Gasteiger partial charge in [-0.2, -0.15) is 0 Å². The van der Waals surface area contributed by atoms with Gasteiger partial charge in [-0.3, -0.25) is 15.3 Å². The number of urea groups is 1. The highest BCUT2D eigenvalue weighted by atomic mass is 32.1. The summed E-state index contributed by atoms with van der Waals surface area (Å²) in [5, 5.41) is 7.04. The van der Waals surface area contributed by atoms with E-state index < -0.39 is 0 Å². The summed E-state index contributed by atoms with van der Waals surface area (Å²) in [7, 11) is 2.07. The number of carbonyl (C=O) groups is 1. The van der Waals surface area contributed by atoms with Gasteiger partial charge >= 0.3 is 6.03 Å². The molecule has 0 aliphatic carbocycles. The van der Waals surface area contributed by atoms with E-state index in [1.165, 1.54) is 17.4 Å². The normalized spacial score (nSPS) is 19.0. The highest BCUT2D eigenvalue weighted by Crippen LogP contribution is 2.38. The van der Waals surface area contributed by atoms with Crippen molar-refractivity contribution in [2.45, 2.75) is 18.9 Å². The summed E-state index contributed by atoms with van der Waals surface area (Å²) in [6, 6.07) is 8.58. The molecule has 2 aliphatic rings. The molecule has 4 aromatic rings. The molecule has 0 radical (unpaired) electrons. The zero-order valence-electron chi connectivity index (χ0n) is 20.5. The SMILES string of the molecule is CN1CCN(NC(=O)Nc2cnc(-n3ccc4c(N5CCCC5c5cccc(F)c5)ncnc43)s2)CC1. The average Bonchev–Trinajstić information content (AvgIpc) is 3.65. The fourth-order valence-corrected chi connectivity index (χ4v) is 5.83. The van der Waals surface area contributed by atoms with Gasteiger partial charge in [-0.25, -0.2) is 29.1 Å². The molecule has 2 amide bonds. The van der Waals surface area contributed by atoms with Gasteiger partial charge in [0, 0.05) is 38.9 Å². The Morgan fingerprint density at radius 2 is 1.97 bits per heavy atom. The number of carbonyl (C=O) groups excluding carboxylic acids is 1. The number of nitrogens with zero attached hydrogens (tertiary/aromatic N) is 7. The van der Waals surface area contributed by atoms with Crippen molar-refractivity contribution in [3.63, 3.8) is 0 Å². The second-order valence-corrected chi connectivity index (χ2v) is 10.4. The van der Waals surface area contributed by atoms with Gasteiger partial charge < -0.3 is 9.80 Å². The van der Waals surface area contributed by atoms with Crippen molar-refractivity contribution in [1.82, 2.24) is 34.9 Å². The lowest BCUT2D eigenvalue weighted by atomic mass is 10.0. The van der Waals surface area contributed by atoms with E-state index in [0.717, 1.165) is 68.0 Å². The molecule has 2 saturated heterocycles. The Kier molecular flexibility index (Phi) is 6.45. The van der Waals surface area contributed by atoms with Crippen LogP contribution in [0.15, 0.2) is 49.1 Å². The number of halogens is 1. The molecule has 0 spiro atoms. The minimum Gasteiger partial charge on any atom is -0.349 e. The highest BCUT2D eigenvalue weighted by molar-refractivity contribution is 7.18. The Bertz CT molecular complexity index is 1410. The van der Waals surface area contributed by atoms with Crippen molar-refractivity contribution in [3.05, 3.63) is 60.4 Å². The number of benzene rings is 1. The zero-order chi connectivity index (χ0) is 25.4. The van der Waals surface area contributed by atoms with Gasteiger partial charge in [0.1, 0.15) is 23.0 Å². The number of anilines is 2. The minimum absolute atomic E-state index is 0.0617. The predicted molar refractivity (Wildman–Crippen MR) is 141 cm³/mol. The van der Waals surface area contributed by atoms with E-state index in [2.05, 4.69) is 42.5 Å². The van der Waals surface area contributed by atoms with Crippen LogP contribution in [0.25, 0.3) is 16.2 Å². The number of hydrazine groups is 1. The summed E-state index contributed by atoms with van der Waals surface area (Å²) >= 11 is 1.37. The summed E-state index contributed by atoms with van der Waals surface area (Å²) in [6.45, 7) is 4.23. The maximum absolute atomic E-state index is 13.9. The van der Waals surface area contributed by atoms with Gasteiger partial charge in [0.15, 0.2) is 10.8 Å². The molecular weight excluding hydrogens is 493 g/mol. The number of rotatable bonds is 5. The quantitative estimate of drug-likeness (QED) is 0.414. The molecule has 1 atom stereocenters. The second kappa shape index (κ2) is 10.0. The largest absolute Gasteiger partial charge is 0.349 e. The lowest BCUT2D eigenvalue weighted by molar-refractivity contribution is 0.116. The first-order valence-electron chi connectivity index (χ1n) is 12.4. The summed E-state index contributed by atoms with van der Waals surface area (Å²) in [4.78, 5) is 30.6. The molecule has 12 heteroatoms. The number of likely N-dealkylation sites (N-methyl/N-ethyl adjacent to an activating group) is 1. The molecular formula is C25H28FN9OS. The fraction of sp³-hybridized carbons (Fsp3) is 0.360. The molecule has 5 heterocycles. The molecule has 1 aromatic carbocycles. The maximum Gasteiger partial charge on any atom is 0.334 e. The van der Waals surface area contributed by atoms with Crippen LogP contribution in [0.4, 0.5) is 20.0 Å². The number of aromatic nitrogens is 4.